The van der Waals surface area contributed by atoms with E-state index in [1.165, 1.54) is 5.56 Å². The molecule has 0 unspecified atom stereocenters. The minimum atomic E-state index is -0.0653. The molecule has 0 aliphatic rings. The van der Waals surface area contributed by atoms with Crippen molar-refractivity contribution in [1.82, 2.24) is 15.2 Å². The van der Waals surface area contributed by atoms with Crippen LogP contribution in [0.1, 0.15) is 22.0 Å². The van der Waals surface area contributed by atoms with Crippen LogP contribution in [0.4, 0.5) is 0 Å². The van der Waals surface area contributed by atoms with E-state index in [0.29, 0.717) is 12.1 Å². The molecule has 5 heteroatoms. The first-order valence-corrected chi connectivity index (χ1v) is 6.99. The van der Waals surface area contributed by atoms with Crippen molar-refractivity contribution in [3.63, 3.8) is 0 Å². The van der Waals surface area contributed by atoms with Gasteiger partial charge in [-0.1, -0.05) is 0 Å². The third kappa shape index (κ3) is 3.62. The van der Waals surface area contributed by atoms with Crippen molar-refractivity contribution in [1.29, 1.82) is 0 Å². The van der Waals surface area contributed by atoms with Crippen LogP contribution in [0.15, 0.2) is 41.4 Å². The van der Waals surface area contributed by atoms with E-state index in [9.17, 15) is 4.79 Å². The fourth-order valence-corrected chi connectivity index (χ4v) is 2.56. The second-order valence-electron chi connectivity index (χ2n) is 4.48. The van der Waals surface area contributed by atoms with E-state index in [2.05, 4.69) is 32.0 Å². The van der Waals surface area contributed by atoms with Gasteiger partial charge in [0, 0.05) is 24.5 Å². The molecule has 4 nitrogen and oxygen atoms in total. The van der Waals surface area contributed by atoms with Crippen LogP contribution in [0.3, 0.4) is 0 Å². The average molecular weight is 275 g/mol. The highest BCUT2D eigenvalue weighted by atomic mass is 32.1. The zero-order chi connectivity index (χ0) is 13.7. The Kier molecular flexibility index (Phi) is 4.65. The molecule has 2 rings (SSSR count). The summed E-state index contributed by atoms with van der Waals surface area (Å²) in [7, 11) is 4.03. The maximum Gasteiger partial charge on any atom is 0.251 e. The van der Waals surface area contributed by atoms with Crippen molar-refractivity contribution < 1.29 is 4.79 Å². The molecule has 2 heterocycles. The normalized spacial score (nSPS) is 12.4. The van der Waals surface area contributed by atoms with Crippen LogP contribution in [0.25, 0.3) is 0 Å². The molecule has 0 bridgehead atoms. The number of carbonyl (C=O) groups excluding carboxylic acids is 1. The van der Waals surface area contributed by atoms with Gasteiger partial charge in [-0.05, 0) is 48.6 Å². The Bertz CT molecular complexity index is 511. The molecule has 1 amide bonds. The van der Waals surface area contributed by atoms with Crippen LogP contribution in [0.5, 0.6) is 0 Å². The topological polar surface area (TPSA) is 45.2 Å². The molecule has 0 saturated heterocycles. The Balaban J connectivity index is 1.98. The van der Waals surface area contributed by atoms with E-state index in [4.69, 9.17) is 0 Å². The molecular formula is C14H17N3OS. The number of nitrogens with zero attached hydrogens (tertiary/aromatic N) is 2. The zero-order valence-electron chi connectivity index (χ0n) is 11.0. The summed E-state index contributed by atoms with van der Waals surface area (Å²) in [5.74, 6) is -0.0653. The fraction of sp³-hybridized carbons (Fsp3) is 0.286. The van der Waals surface area contributed by atoms with Crippen molar-refractivity contribution in [2.75, 3.05) is 20.6 Å². The predicted molar refractivity (Wildman–Crippen MR) is 77.3 cm³/mol. The van der Waals surface area contributed by atoms with Gasteiger partial charge in [0.2, 0.25) is 0 Å². The number of aromatic nitrogens is 1. The molecule has 1 atom stereocenters. The van der Waals surface area contributed by atoms with Gasteiger partial charge >= 0.3 is 0 Å². The van der Waals surface area contributed by atoms with Crippen LogP contribution >= 0.6 is 11.3 Å². The maximum absolute atomic E-state index is 12.0. The van der Waals surface area contributed by atoms with Gasteiger partial charge in [0.05, 0.1) is 6.04 Å². The van der Waals surface area contributed by atoms with Gasteiger partial charge in [-0.15, -0.1) is 0 Å². The Morgan fingerprint density at radius 2 is 2.11 bits per heavy atom. The lowest BCUT2D eigenvalue weighted by atomic mass is 10.1. The number of amides is 1. The molecule has 2 aromatic rings. The average Bonchev–Trinajstić information content (AvgIpc) is 2.93. The fourth-order valence-electron chi connectivity index (χ4n) is 1.86. The van der Waals surface area contributed by atoms with E-state index >= 15 is 0 Å². The summed E-state index contributed by atoms with van der Waals surface area (Å²) in [6.45, 7) is 0.588. The second kappa shape index (κ2) is 6.45. The quantitative estimate of drug-likeness (QED) is 0.909. The maximum atomic E-state index is 12.0. The molecule has 2 aromatic heterocycles. The summed E-state index contributed by atoms with van der Waals surface area (Å²) in [5.41, 5.74) is 1.86. The molecule has 0 aliphatic heterocycles. The van der Waals surface area contributed by atoms with Crippen LogP contribution in [0.2, 0.25) is 0 Å². The lowest BCUT2D eigenvalue weighted by Crippen LogP contribution is -2.34. The smallest absolute Gasteiger partial charge is 0.251 e. The number of hydrogen-bond donors (Lipinski definition) is 1. The first kappa shape index (κ1) is 13.7. The monoisotopic (exact) mass is 275 g/mol. The third-order valence-corrected chi connectivity index (χ3v) is 3.65. The largest absolute Gasteiger partial charge is 0.350 e. The molecule has 0 radical (unpaired) electrons. The van der Waals surface area contributed by atoms with E-state index < -0.39 is 0 Å². The van der Waals surface area contributed by atoms with Gasteiger partial charge in [0.1, 0.15) is 0 Å². The Labute approximate surface area is 117 Å². The zero-order valence-corrected chi connectivity index (χ0v) is 11.9. The van der Waals surface area contributed by atoms with Crippen molar-refractivity contribution in [2.24, 2.45) is 0 Å². The molecule has 1 N–H and O–H groups in total. The molecule has 0 aromatic carbocycles. The highest BCUT2D eigenvalue weighted by Gasteiger charge is 2.16. The summed E-state index contributed by atoms with van der Waals surface area (Å²) in [6, 6.07) is 5.71. The minimum Gasteiger partial charge on any atom is -0.350 e. The van der Waals surface area contributed by atoms with Crippen LogP contribution in [-0.2, 0) is 0 Å². The SMILES string of the molecule is CN(C)[C@H](CNC(=O)c1ccncc1)c1ccsc1. The van der Waals surface area contributed by atoms with E-state index in [-0.39, 0.29) is 11.9 Å². The summed E-state index contributed by atoms with van der Waals surface area (Å²) in [4.78, 5) is 18.0. The number of rotatable bonds is 5. The van der Waals surface area contributed by atoms with Crippen molar-refractivity contribution >= 4 is 17.2 Å². The standard InChI is InChI=1S/C14H17N3OS/c1-17(2)13(12-5-8-19-10-12)9-16-14(18)11-3-6-15-7-4-11/h3-8,10,13H,9H2,1-2H3,(H,16,18)/t13-/m1/s1. The Morgan fingerprint density at radius 1 is 1.37 bits per heavy atom. The van der Waals surface area contributed by atoms with Gasteiger partial charge in [0.25, 0.3) is 5.91 Å². The van der Waals surface area contributed by atoms with Crippen molar-refractivity contribution in [2.45, 2.75) is 6.04 Å². The van der Waals surface area contributed by atoms with E-state index in [0.717, 1.165) is 0 Å². The van der Waals surface area contributed by atoms with Gasteiger partial charge in [-0.2, -0.15) is 11.3 Å². The Hall–Kier alpha value is -1.72. The molecule has 0 saturated carbocycles. The van der Waals surface area contributed by atoms with E-state index in [1.54, 1.807) is 35.9 Å². The molecule has 0 spiro atoms. The molecule has 19 heavy (non-hydrogen) atoms. The number of likely N-dealkylation sites (N-methyl/N-ethyl adjacent to an activating group) is 1. The van der Waals surface area contributed by atoms with Gasteiger partial charge in [-0.3, -0.25) is 9.78 Å². The molecule has 0 fully saturated rings. The minimum absolute atomic E-state index is 0.0653. The number of pyridine rings is 1. The van der Waals surface area contributed by atoms with Gasteiger partial charge in [0.15, 0.2) is 0 Å². The molecular weight excluding hydrogens is 258 g/mol. The summed E-state index contributed by atoms with van der Waals surface area (Å²) in [6.07, 6.45) is 3.24. The number of carbonyl (C=O) groups is 1. The number of thiophene rings is 1. The first-order valence-electron chi connectivity index (χ1n) is 6.05. The number of hydrogen-bond acceptors (Lipinski definition) is 4. The lowest BCUT2D eigenvalue weighted by molar-refractivity contribution is 0.0942. The number of nitrogens with one attached hydrogen (secondary N) is 1. The molecule has 100 valence electrons. The highest BCUT2D eigenvalue weighted by molar-refractivity contribution is 7.07. The highest BCUT2D eigenvalue weighted by Crippen LogP contribution is 2.20. The summed E-state index contributed by atoms with van der Waals surface area (Å²) < 4.78 is 0. The van der Waals surface area contributed by atoms with Crippen molar-refractivity contribution in [3.8, 4) is 0 Å². The third-order valence-electron chi connectivity index (χ3n) is 2.95. The Morgan fingerprint density at radius 3 is 2.68 bits per heavy atom. The predicted octanol–water partition coefficient (Wildman–Crippen LogP) is 2.18. The van der Waals surface area contributed by atoms with Crippen molar-refractivity contribution in [3.05, 3.63) is 52.5 Å². The second-order valence-corrected chi connectivity index (χ2v) is 5.26. The molecule has 0 aliphatic carbocycles. The van der Waals surface area contributed by atoms with Crippen LogP contribution in [0, 0.1) is 0 Å². The van der Waals surface area contributed by atoms with Crippen LogP contribution in [-0.4, -0.2) is 36.4 Å². The lowest BCUT2D eigenvalue weighted by Gasteiger charge is -2.24. The summed E-state index contributed by atoms with van der Waals surface area (Å²) >= 11 is 1.67. The van der Waals surface area contributed by atoms with E-state index in [1.807, 2.05) is 14.1 Å². The first-order chi connectivity index (χ1) is 9.18. The summed E-state index contributed by atoms with van der Waals surface area (Å²) in [5, 5.41) is 7.13. The van der Waals surface area contributed by atoms with Crippen LogP contribution < -0.4 is 5.32 Å². The van der Waals surface area contributed by atoms with Gasteiger partial charge < -0.3 is 10.2 Å². The van der Waals surface area contributed by atoms with Gasteiger partial charge in [-0.25, -0.2) is 0 Å².